The van der Waals surface area contributed by atoms with Crippen molar-refractivity contribution < 1.29 is 21.6 Å². The van der Waals surface area contributed by atoms with E-state index in [1.807, 2.05) is 11.0 Å². The van der Waals surface area contributed by atoms with Gasteiger partial charge in [-0.3, -0.25) is 0 Å². The third-order valence-corrected chi connectivity index (χ3v) is 7.49. The average Bonchev–Trinajstić information content (AvgIpc) is 3.53. The number of aromatic nitrogens is 2. The zero-order chi connectivity index (χ0) is 20.8. The maximum Gasteiger partial charge on any atom is 0.416 e. The van der Waals surface area contributed by atoms with Crippen LogP contribution in [0.25, 0.3) is 0 Å². The van der Waals surface area contributed by atoms with Gasteiger partial charge in [-0.2, -0.15) is 17.5 Å². The average molecular weight is 447 g/mol. The number of halogens is 4. The van der Waals surface area contributed by atoms with Crippen LogP contribution in [0.3, 0.4) is 0 Å². The molecular formula is C18H18ClF3N4O2S. The van der Waals surface area contributed by atoms with Gasteiger partial charge >= 0.3 is 6.18 Å². The number of anilines is 1. The van der Waals surface area contributed by atoms with Crippen LogP contribution in [0.2, 0.25) is 5.02 Å². The summed E-state index contributed by atoms with van der Waals surface area (Å²) in [5, 5.41) is -0.231. The molecule has 1 aromatic carbocycles. The molecule has 1 saturated heterocycles. The summed E-state index contributed by atoms with van der Waals surface area (Å²) >= 11 is 5.93. The molecule has 2 aromatic rings. The lowest BCUT2D eigenvalue weighted by Crippen LogP contribution is -2.49. The molecule has 0 bridgehead atoms. The number of hydrogen-bond acceptors (Lipinski definition) is 5. The van der Waals surface area contributed by atoms with Crippen LogP contribution in [-0.4, -0.2) is 48.9 Å². The normalized spacial score (nSPS) is 18.8. The third kappa shape index (κ3) is 4.19. The molecule has 0 radical (unpaired) electrons. The van der Waals surface area contributed by atoms with Crippen molar-refractivity contribution in [3.63, 3.8) is 0 Å². The van der Waals surface area contributed by atoms with Crippen LogP contribution in [-0.2, 0) is 16.2 Å². The maximum atomic E-state index is 13.0. The van der Waals surface area contributed by atoms with E-state index in [9.17, 15) is 21.6 Å². The van der Waals surface area contributed by atoms with Gasteiger partial charge in [0.05, 0.1) is 10.6 Å². The van der Waals surface area contributed by atoms with Crippen molar-refractivity contribution in [1.29, 1.82) is 0 Å². The fourth-order valence-corrected chi connectivity index (χ4v) is 5.23. The third-order valence-electron chi connectivity index (χ3n) is 5.11. The first-order chi connectivity index (χ1) is 13.7. The molecular weight excluding hydrogens is 429 g/mol. The second kappa shape index (κ2) is 7.41. The predicted molar refractivity (Wildman–Crippen MR) is 101 cm³/mol. The molecule has 156 valence electrons. The largest absolute Gasteiger partial charge is 0.416 e. The summed E-state index contributed by atoms with van der Waals surface area (Å²) in [5.74, 6) is 1.21. The van der Waals surface area contributed by atoms with Gasteiger partial charge in [-0.1, -0.05) is 11.6 Å². The molecule has 1 saturated carbocycles. The lowest BCUT2D eigenvalue weighted by Gasteiger charge is -2.34. The Balaban J connectivity index is 1.51. The van der Waals surface area contributed by atoms with Crippen LogP contribution in [0, 0.1) is 0 Å². The van der Waals surface area contributed by atoms with E-state index in [4.69, 9.17) is 11.6 Å². The fraction of sp³-hybridized carbons (Fsp3) is 0.444. The number of nitrogens with zero attached hydrogens (tertiary/aromatic N) is 4. The van der Waals surface area contributed by atoms with Crippen LogP contribution in [0.1, 0.15) is 30.0 Å². The monoisotopic (exact) mass is 446 g/mol. The van der Waals surface area contributed by atoms with E-state index in [1.165, 1.54) is 6.33 Å². The first kappa shape index (κ1) is 20.4. The highest BCUT2D eigenvalue weighted by Gasteiger charge is 2.35. The van der Waals surface area contributed by atoms with Crippen LogP contribution in [0.5, 0.6) is 0 Å². The quantitative estimate of drug-likeness (QED) is 0.718. The molecule has 2 heterocycles. The minimum absolute atomic E-state index is 0.123. The number of alkyl halides is 3. The summed E-state index contributed by atoms with van der Waals surface area (Å²) in [6.07, 6.45) is -0.922. The van der Waals surface area contributed by atoms with Gasteiger partial charge in [0, 0.05) is 43.9 Å². The second-order valence-corrected chi connectivity index (χ2v) is 9.42. The highest BCUT2D eigenvalue weighted by atomic mass is 35.5. The molecule has 6 nitrogen and oxygen atoms in total. The molecule has 0 unspecified atom stereocenters. The van der Waals surface area contributed by atoms with E-state index in [-0.39, 0.29) is 18.1 Å². The smallest absolute Gasteiger partial charge is 0.354 e. The van der Waals surface area contributed by atoms with Gasteiger partial charge in [-0.15, -0.1) is 0 Å². The Morgan fingerprint density at radius 2 is 1.72 bits per heavy atom. The standard InChI is InChI=1S/C18H18ClF3N4O2S/c19-14-4-3-13(18(20,21)22)9-16(14)29(27,28)26-7-5-25(6-8-26)17-10-15(12-1-2-12)23-11-24-17/h3-4,9-12H,1-2,5-8H2. The Morgan fingerprint density at radius 3 is 2.34 bits per heavy atom. The number of rotatable bonds is 4. The molecule has 0 amide bonds. The van der Waals surface area contributed by atoms with Gasteiger partial charge in [0.15, 0.2) is 0 Å². The van der Waals surface area contributed by atoms with Crippen molar-refractivity contribution in [3.05, 3.63) is 46.9 Å². The number of sulfonamides is 1. The van der Waals surface area contributed by atoms with Crippen LogP contribution in [0.15, 0.2) is 35.5 Å². The minimum atomic E-state index is -4.65. The van der Waals surface area contributed by atoms with Gasteiger partial charge in [-0.05, 0) is 31.0 Å². The Hall–Kier alpha value is -1.91. The number of hydrogen-bond donors (Lipinski definition) is 0. The Morgan fingerprint density at radius 1 is 1.03 bits per heavy atom. The van der Waals surface area contributed by atoms with Gasteiger partial charge in [0.2, 0.25) is 10.0 Å². The van der Waals surface area contributed by atoms with Gasteiger partial charge in [0.1, 0.15) is 17.0 Å². The van der Waals surface area contributed by atoms with E-state index in [2.05, 4.69) is 9.97 Å². The summed E-state index contributed by atoms with van der Waals surface area (Å²) < 4.78 is 66.0. The number of piperazine rings is 1. The lowest BCUT2D eigenvalue weighted by molar-refractivity contribution is -0.137. The highest BCUT2D eigenvalue weighted by Crippen LogP contribution is 2.39. The topological polar surface area (TPSA) is 66.4 Å². The molecule has 1 aromatic heterocycles. The van der Waals surface area contributed by atoms with Gasteiger partial charge in [-0.25, -0.2) is 18.4 Å². The Labute approximate surface area is 171 Å². The van der Waals surface area contributed by atoms with Crippen molar-refractivity contribution in [1.82, 2.24) is 14.3 Å². The molecule has 29 heavy (non-hydrogen) atoms. The summed E-state index contributed by atoms with van der Waals surface area (Å²) in [7, 11) is -4.15. The SMILES string of the molecule is O=S(=O)(c1cc(C(F)(F)F)ccc1Cl)N1CCN(c2cc(C3CC3)ncn2)CC1. The highest BCUT2D eigenvalue weighted by molar-refractivity contribution is 7.89. The molecule has 0 atom stereocenters. The van der Waals surface area contributed by atoms with Crippen LogP contribution in [0.4, 0.5) is 19.0 Å². The Kier molecular flexibility index (Phi) is 5.20. The van der Waals surface area contributed by atoms with Crippen molar-refractivity contribution in [2.45, 2.75) is 29.8 Å². The molecule has 2 aliphatic rings. The summed E-state index contributed by atoms with van der Waals surface area (Å²) in [6, 6.07) is 4.25. The molecule has 11 heteroatoms. The van der Waals surface area contributed by atoms with Gasteiger partial charge < -0.3 is 4.90 Å². The first-order valence-electron chi connectivity index (χ1n) is 9.10. The van der Waals surface area contributed by atoms with E-state index in [0.717, 1.165) is 40.8 Å². The van der Waals surface area contributed by atoms with Crippen molar-refractivity contribution >= 4 is 27.4 Å². The van der Waals surface area contributed by atoms with E-state index >= 15 is 0 Å². The molecule has 2 fully saturated rings. The molecule has 1 aliphatic heterocycles. The van der Waals surface area contributed by atoms with E-state index in [1.54, 1.807) is 0 Å². The fourth-order valence-electron chi connectivity index (χ4n) is 3.31. The number of benzene rings is 1. The van der Waals surface area contributed by atoms with Crippen molar-refractivity contribution in [3.8, 4) is 0 Å². The lowest BCUT2D eigenvalue weighted by atomic mass is 10.2. The molecule has 0 N–H and O–H groups in total. The zero-order valence-corrected chi connectivity index (χ0v) is 16.8. The second-order valence-electron chi connectivity index (χ2n) is 7.11. The first-order valence-corrected chi connectivity index (χ1v) is 10.9. The zero-order valence-electron chi connectivity index (χ0n) is 15.2. The molecule has 4 rings (SSSR count). The summed E-state index contributed by atoms with van der Waals surface area (Å²) in [5.41, 5.74) is -0.0616. The van der Waals surface area contributed by atoms with Crippen molar-refractivity contribution in [2.75, 3.05) is 31.1 Å². The van der Waals surface area contributed by atoms with Crippen LogP contribution < -0.4 is 4.90 Å². The summed E-state index contributed by atoms with van der Waals surface area (Å²) in [6.45, 7) is 0.989. The maximum absolute atomic E-state index is 13.0. The van der Waals surface area contributed by atoms with Crippen molar-refractivity contribution in [2.24, 2.45) is 0 Å². The predicted octanol–water partition coefficient (Wildman–Crippen LogP) is 3.54. The Bertz CT molecular complexity index is 1020. The van der Waals surface area contributed by atoms with E-state index in [0.29, 0.717) is 25.1 Å². The summed E-state index contributed by atoms with van der Waals surface area (Å²) in [4.78, 5) is 9.97. The minimum Gasteiger partial charge on any atom is -0.354 e. The van der Waals surface area contributed by atoms with Gasteiger partial charge in [0.25, 0.3) is 0 Å². The van der Waals surface area contributed by atoms with Crippen LogP contribution >= 0.6 is 11.6 Å². The molecule has 0 spiro atoms. The van der Waals surface area contributed by atoms with E-state index < -0.39 is 26.7 Å². The molecule has 1 aliphatic carbocycles.